The van der Waals surface area contributed by atoms with Gasteiger partial charge in [0.15, 0.2) is 5.69 Å². The fraction of sp³-hybridized carbons (Fsp3) is 0.407. The molecule has 0 fully saturated rings. The largest absolute Gasteiger partial charge is 0.287 e. The Morgan fingerprint density at radius 3 is 2.48 bits per heavy atom. The van der Waals surface area contributed by atoms with Crippen molar-refractivity contribution in [1.29, 1.82) is 0 Å². The molecule has 0 saturated carbocycles. The maximum atomic E-state index is 14.5. The molecule has 1 aliphatic rings. The van der Waals surface area contributed by atoms with E-state index in [4.69, 9.17) is 4.98 Å². The quantitative estimate of drug-likeness (QED) is 0.401. The third-order valence-electron chi connectivity index (χ3n) is 7.03. The van der Waals surface area contributed by atoms with Crippen molar-refractivity contribution < 1.29 is 13.3 Å². The van der Waals surface area contributed by atoms with Gasteiger partial charge in [0, 0.05) is 17.2 Å². The molecule has 4 heteroatoms. The summed E-state index contributed by atoms with van der Waals surface area (Å²) in [5.74, 6) is -0.456. The summed E-state index contributed by atoms with van der Waals surface area (Å²) in [5, 5.41) is 0. The molecule has 162 valence electrons. The third-order valence-corrected chi connectivity index (χ3v) is 7.03. The summed E-state index contributed by atoms with van der Waals surface area (Å²) >= 11 is 0. The molecule has 31 heavy (non-hydrogen) atoms. The lowest BCUT2D eigenvalue weighted by Gasteiger charge is -2.31. The van der Waals surface area contributed by atoms with Crippen molar-refractivity contribution in [2.75, 3.05) is 0 Å². The van der Waals surface area contributed by atoms with Crippen LogP contribution in [0.25, 0.3) is 22.5 Å². The molecule has 4 rings (SSSR count). The minimum atomic E-state index is -0.262. The average Bonchev–Trinajstić information content (AvgIpc) is 2.80. The van der Waals surface area contributed by atoms with Gasteiger partial charge < -0.3 is 0 Å². The van der Waals surface area contributed by atoms with E-state index in [2.05, 4.69) is 31.4 Å². The molecule has 2 unspecified atom stereocenters. The van der Waals surface area contributed by atoms with Crippen LogP contribution in [-0.2, 0) is 5.41 Å². The van der Waals surface area contributed by atoms with E-state index < -0.39 is 0 Å². The molecule has 1 aliphatic heterocycles. The summed E-state index contributed by atoms with van der Waals surface area (Å²) in [6.45, 7) is 6.68. The van der Waals surface area contributed by atoms with Gasteiger partial charge in [0.05, 0.1) is 6.04 Å². The lowest BCUT2D eigenvalue weighted by Crippen LogP contribution is -2.41. The Kier molecular flexibility index (Phi) is 6.17. The van der Waals surface area contributed by atoms with Gasteiger partial charge in [-0.2, -0.15) is 0 Å². The van der Waals surface area contributed by atoms with E-state index >= 15 is 0 Å². The molecular weight excluding hydrogens is 390 g/mol. The normalized spacial score (nSPS) is 21.6. The first kappa shape index (κ1) is 21.6. The van der Waals surface area contributed by atoms with Gasteiger partial charge in [-0.15, -0.1) is 0 Å². The van der Waals surface area contributed by atoms with E-state index in [0.29, 0.717) is 0 Å². The first-order valence-corrected chi connectivity index (χ1v) is 11.4. The number of hydrogen-bond acceptors (Lipinski definition) is 1. The predicted molar refractivity (Wildman–Crippen MR) is 121 cm³/mol. The molecule has 2 heterocycles. The Morgan fingerprint density at radius 1 is 1.00 bits per heavy atom. The molecule has 2 atom stereocenters. The van der Waals surface area contributed by atoms with Crippen LogP contribution < -0.4 is 4.57 Å². The van der Waals surface area contributed by atoms with Gasteiger partial charge in [-0.1, -0.05) is 26.7 Å². The monoisotopic (exact) mass is 421 g/mol. The highest BCUT2D eigenvalue weighted by Gasteiger charge is 2.31. The van der Waals surface area contributed by atoms with E-state index in [1.807, 2.05) is 12.4 Å². The minimum absolute atomic E-state index is 0.0951. The highest BCUT2D eigenvalue weighted by Crippen LogP contribution is 2.40. The average molecular weight is 422 g/mol. The fourth-order valence-electron chi connectivity index (χ4n) is 4.79. The number of hydrogen-bond donors (Lipinski definition) is 0. The second kappa shape index (κ2) is 8.86. The van der Waals surface area contributed by atoms with E-state index in [0.717, 1.165) is 60.2 Å². The summed E-state index contributed by atoms with van der Waals surface area (Å²) in [5.41, 5.74) is 4.73. The van der Waals surface area contributed by atoms with Crippen molar-refractivity contribution >= 4 is 0 Å². The molecule has 0 amide bonds. The van der Waals surface area contributed by atoms with E-state index in [9.17, 15) is 8.78 Å². The van der Waals surface area contributed by atoms with Gasteiger partial charge in [-0.3, -0.25) is 0 Å². The van der Waals surface area contributed by atoms with Gasteiger partial charge in [0.1, 0.15) is 17.3 Å². The third kappa shape index (κ3) is 4.39. The summed E-state index contributed by atoms with van der Waals surface area (Å²) in [7, 11) is 0. The SMILES string of the molecule is CCC1(C)CCCCCC(C)[n+]2cnc(-c3ccc(F)cc3)cc2-c2ccc(F)cc21. The topological polar surface area (TPSA) is 16.8 Å². The molecule has 2 aromatic carbocycles. The summed E-state index contributed by atoms with van der Waals surface area (Å²) in [6.07, 6.45) is 8.47. The Hall–Kier alpha value is -2.62. The van der Waals surface area contributed by atoms with Gasteiger partial charge in [0.25, 0.3) is 6.33 Å². The molecule has 1 aromatic heterocycles. The van der Waals surface area contributed by atoms with Gasteiger partial charge >= 0.3 is 0 Å². The Morgan fingerprint density at radius 2 is 1.74 bits per heavy atom. The number of benzene rings is 2. The van der Waals surface area contributed by atoms with Crippen molar-refractivity contribution in [1.82, 2.24) is 4.98 Å². The van der Waals surface area contributed by atoms with Crippen LogP contribution in [-0.4, -0.2) is 4.98 Å². The first-order valence-electron chi connectivity index (χ1n) is 11.4. The van der Waals surface area contributed by atoms with Crippen LogP contribution in [0.2, 0.25) is 0 Å². The van der Waals surface area contributed by atoms with Crippen molar-refractivity contribution in [2.24, 2.45) is 0 Å². The maximum Gasteiger partial charge on any atom is 0.287 e. The zero-order valence-corrected chi connectivity index (χ0v) is 18.7. The number of rotatable bonds is 2. The number of halogens is 2. The molecule has 3 aromatic rings. The lowest BCUT2D eigenvalue weighted by atomic mass is 9.73. The van der Waals surface area contributed by atoms with Crippen LogP contribution in [0.5, 0.6) is 0 Å². The van der Waals surface area contributed by atoms with E-state index in [1.54, 1.807) is 24.3 Å². The van der Waals surface area contributed by atoms with Crippen molar-refractivity contribution in [3.05, 3.63) is 72.1 Å². The summed E-state index contributed by atoms with van der Waals surface area (Å²) in [4.78, 5) is 4.71. The molecule has 0 saturated heterocycles. The van der Waals surface area contributed by atoms with E-state index in [-0.39, 0.29) is 23.1 Å². The van der Waals surface area contributed by atoms with Crippen LogP contribution in [0.15, 0.2) is 54.9 Å². The predicted octanol–water partition coefficient (Wildman–Crippen LogP) is 7.17. The Bertz CT molecular complexity index is 1060. The van der Waals surface area contributed by atoms with Crippen molar-refractivity contribution in [2.45, 2.75) is 70.8 Å². The molecule has 0 bridgehead atoms. The zero-order valence-electron chi connectivity index (χ0n) is 18.7. The maximum absolute atomic E-state index is 14.5. The number of aromatic nitrogens is 2. The molecule has 2 nitrogen and oxygen atoms in total. The first-order chi connectivity index (χ1) is 14.9. The van der Waals surface area contributed by atoms with Crippen LogP contribution >= 0.6 is 0 Å². The summed E-state index contributed by atoms with van der Waals surface area (Å²) < 4.78 is 30.1. The second-order valence-electron chi connectivity index (χ2n) is 9.13. The van der Waals surface area contributed by atoms with E-state index in [1.165, 1.54) is 18.6 Å². The molecule has 0 aliphatic carbocycles. The molecule has 0 radical (unpaired) electrons. The standard InChI is InChI=1S/C27H31F2N2/c1-4-27(3)15-7-5-6-8-19(2)31-18-30-25(20-9-11-21(28)12-10-20)17-26(31)23-14-13-22(29)16-24(23)27/h9-14,16-19H,4-8,15H2,1-3H3/q+1. The smallest absolute Gasteiger partial charge is 0.227 e. The zero-order chi connectivity index (χ0) is 22.0. The van der Waals surface area contributed by atoms with Gasteiger partial charge in [-0.25, -0.2) is 13.3 Å². The highest BCUT2D eigenvalue weighted by atomic mass is 19.1. The van der Waals surface area contributed by atoms with Crippen molar-refractivity contribution in [3.63, 3.8) is 0 Å². The Labute approximate surface area is 184 Å². The molecular formula is C27H31F2N2+. The fourth-order valence-corrected chi connectivity index (χ4v) is 4.79. The summed E-state index contributed by atoms with van der Waals surface area (Å²) in [6, 6.07) is 14.0. The van der Waals surface area contributed by atoms with Crippen LogP contribution in [0.3, 0.4) is 0 Å². The molecule has 0 N–H and O–H groups in total. The minimum Gasteiger partial charge on any atom is -0.227 e. The Balaban J connectivity index is 1.96. The second-order valence-corrected chi connectivity index (χ2v) is 9.13. The number of nitrogens with zero attached hydrogens (tertiary/aromatic N) is 2. The van der Waals surface area contributed by atoms with Crippen LogP contribution in [0, 0.1) is 11.6 Å². The number of fused-ring (bicyclic) bond motifs is 3. The highest BCUT2D eigenvalue weighted by molar-refractivity contribution is 5.69. The van der Waals surface area contributed by atoms with Crippen molar-refractivity contribution in [3.8, 4) is 22.5 Å². The molecule has 0 spiro atoms. The van der Waals surface area contributed by atoms with Gasteiger partial charge in [-0.05, 0) is 91.0 Å². The van der Waals surface area contributed by atoms with Gasteiger partial charge in [0.2, 0.25) is 0 Å². The van der Waals surface area contributed by atoms with Crippen LogP contribution in [0.1, 0.15) is 70.9 Å². The van der Waals surface area contributed by atoms with Crippen LogP contribution in [0.4, 0.5) is 8.78 Å². The lowest BCUT2D eigenvalue weighted by molar-refractivity contribution is -0.712.